The van der Waals surface area contributed by atoms with E-state index in [4.69, 9.17) is 14.0 Å². The molecule has 0 saturated heterocycles. The molecule has 32 heavy (non-hydrogen) atoms. The molecule has 4 aliphatic carbocycles. The second-order valence-corrected chi connectivity index (χ2v) is 13.1. The molecule has 0 unspecified atom stereocenters. The molecule has 0 amide bonds. The number of carbonyl (C=O) groups excluding carboxylic acids is 2. The van der Waals surface area contributed by atoms with Crippen LogP contribution in [-0.4, -0.2) is 41.4 Å². The molecule has 0 aromatic heterocycles. The van der Waals surface area contributed by atoms with Crippen molar-refractivity contribution in [3.63, 3.8) is 0 Å². The zero-order valence-electron chi connectivity index (χ0n) is 19.5. The zero-order valence-corrected chi connectivity index (χ0v) is 20.4. The summed E-state index contributed by atoms with van der Waals surface area (Å²) in [4.78, 5) is 25.3. The number of hydrogen-bond acceptors (Lipinski definition) is 6. The van der Waals surface area contributed by atoms with Crippen LogP contribution in [0.15, 0.2) is 0 Å². The lowest BCUT2D eigenvalue weighted by Crippen LogP contribution is -2.59. The van der Waals surface area contributed by atoms with Crippen molar-refractivity contribution in [2.75, 3.05) is 0 Å². The molecule has 0 spiro atoms. The number of rotatable bonds is 7. The topological polar surface area (TPSA) is 107 Å². The first kappa shape index (κ1) is 25.3. The summed E-state index contributed by atoms with van der Waals surface area (Å²) in [5.74, 6) is -1.10. The van der Waals surface area contributed by atoms with Crippen LogP contribution in [0.5, 0.6) is 0 Å². The molecule has 4 rings (SSSR count). The van der Waals surface area contributed by atoms with Crippen LogP contribution in [0.3, 0.4) is 0 Å². The van der Waals surface area contributed by atoms with Crippen molar-refractivity contribution in [3.8, 4) is 0 Å². The average molecular weight is 481 g/mol. The Balaban J connectivity index is 1.77. The third kappa shape index (κ3) is 3.95. The van der Waals surface area contributed by atoms with Gasteiger partial charge in [-0.3, -0.25) is 9.35 Å². The van der Waals surface area contributed by atoms with E-state index in [1.165, 1.54) is 47.0 Å². The fourth-order valence-electron chi connectivity index (χ4n) is 6.09. The molecule has 1 N–H and O–H groups in total. The lowest BCUT2D eigenvalue weighted by Gasteiger charge is -2.61. The Hall–Kier alpha value is -1.29. The maximum Gasteiger partial charge on any atom is 0.465 e. The van der Waals surface area contributed by atoms with Gasteiger partial charge in [0.1, 0.15) is 11.2 Å². The quantitative estimate of drug-likeness (QED) is 0.426. The van der Waals surface area contributed by atoms with Crippen LogP contribution < -0.4 is 0 Å². The van der Waals surface area contributed by atoms with Gasteiger partial charge >= 0.3 is 27.3 Å². The smallest absolute Gasteiger partial charge is 0.455 e. The van der Waals surface area contributed by atoms with E-state index in [1.807, 2.05) is 13.8 Å². The van der Waals surface area contributed by atoms with E-state index in [-0.39, 0.29) is 5.41 Å². The van der Waals surface area contributed by atoms with Gasteiger partial charge in [-0.15, -0.1) is 0 Å². The molecule has 4 bridgehead atoms. The summed E-state index contributed by atoms with van der Waals surface area (Å²) in [6.07, 6.45) is 6.50. The summed E-state index contributed by atoms with van der Waals surface area (Å²) in [7, 11) is -6.01. The molecule has 0 aliphatic heterocycles. The molecule has 0 radical (unpaired) electrons. The van der Waals surface area contributed by atoms with E-state index in [9.17, 15) is 26.8 Å². The molecule has 0 aromatic carbocycles. The normalized spacial score (nSPS) is 30.8. The number of hydrogen-bond donors (Lipinski definition) is 1. The summed E-state index contributed by atoms with van der Waals surface area (Å²) in [5.41, 5.74) is -4.40. The maximum absolute atomic E-state index is 13.7. The van der Waals surface area contributed by atoms with Gasteiger partial charge < -0.3 is 9.47 Å². The molecule has 4 saturated carbocycles. The van der Waals surface area contributed by atoms with E-state index in [1.54, 1.807) is 0 Å². The number of alkyl halides is 2. The van der Waals surface area contributed by atoms with Crippen LogP contribution in [0.4, 0.5) is 8.78 Å². The maximum atomic E-state index is 13.7. The molecule has 7 nitrogen and oxygen atoms in total. The molecule has 184 valence electrons. The largest absolute Gasteiger partial charge is 0.465 e. The SMILES string of the molecule is CC(C)(OC(=O)C(C)(C)C12CC3CC(CC(C3)C1)C2)C(C)(C)OC(=O)C(F)(F)S(=O)(=O)O. The van der Waals surface area contributed by atoms with Crippen molar-refractivity contribution in [1.82, 2.24) is 0 Å². The van der Waals surface area contributed by atoms with Gasteiger partial charge in [-0.1, -0.05) is 0 Å². The molecule has 4 aliphatic rings. The molecule has 0 atom stereocenters. The monoisotopic (exact) mass is 480 g/mol. The molecular weight excluding hydrogens is 446 g/mol. The van der Waals surface area contributed by atoms with Crippen LogP contribution in [0.2, 0.25) is 0 Å². The molecule has 0 aromatic rings. The van der Waals surface area contributed by atoms with Gasteiger partial charge in [0, 0.05) is 0 Å². The lowest BCUT2D eigenvalue weighted by molar-refractivity contribution is -0.221. The highest BCUT2D eigenvalue weighted by atomic mass is 32.2. The van der Waals surface area contributed by atoms with Crippen LogP contribution in [0, 0.1) is 28.6 Å². The lowest BCUT2D eigenvalue weighted by atomic mass is 9.43. The Morgan fingerprint density at radius 1 is 0.812 bits per heavy atom. The summed E-state index contributed by atoms with van der Waals surface area (Å²) >= 11 is 0. The van der Waals surface area contributed by atoms with Gasteiger partial charge in [0.25, 0.3) is 0 Å². The highest BCUT2D eigenvalue weighted by molar-refractivity contribution is 7.87. The minimum atomic E-state index is -6.01. The Labute approximate surface area is 188 Å². The minimum Gasteiger partial charge on any atom is -0.455 e. The zero-order chi connectivity index (χ0) is 24.5. The molecule has 10 heteroatoms. The summed E-state index contributed by atoms with van der Waals surface area (Å²) in [6, 6.07) is 0. The van der Waals surface area contributed by atoms with E-state index in [2.05, 4.69) is 0 Å². The van der Waals surface area contributed by atoms with E-state index in [0.717, 1.165) is 19.3 Å². The van der Waals surface area contributed by atoms with Crippen molar-refractivity contribution in [2.24, 2.45) is 28.6 Å². The molecule has 4 fully saturated rings. The number of ether oxygens (including phenoxy) is 2. The van der Waals surface area contributed by atoms with Crippen molar-refractivity contribution in [3.05, 3.63) is 0 Å². The summed E-state index contributed by atoms with van der Waals surface area (Å²) < 4.78 is 68.3. The van der Waals surface area contributed by atoms with Gasteiger partial charge in [-0.2, -0.15) is 17.2 Å². The Morgan fingerprint density at radius 2 is 1.16 bits per heavy atom. The third-order valence-electron chi connectivity index (χ3n) is 8.58. The predicted octanol–water partition coefficient (Wildman–Crippen LogP) is 4.35. The van der Waals surface area contributed by atoms with Gasteiger partial charge in [0.2, 0.25) is 0 Å². The second-order valence-electron chi connectivity index (χ2n) is 11.6. The van der Waals surface area contributed by atoms with Crippen LogP contribution in [0.25, 0.3) is 0 Å². The van der Waals surface area contributed by atoms with Crippen LogP contribution in [-0.2, 0) is 29.2 Å². The van der Waals surface area contributed by atoms with Crippen LogP contribution >= 0.6 is 0 Å². The van der Waals surface area contributed by atoms with Crippen molar-refractivity contribution in [2.45, 2.75) is 96.5 Å². The first-order chi connectivity index (χ1) is 14.2. The van der Waals surface area contributed by atoms with E-state index < -0.39 is 43.9 Å². The minimum absolute atomic E-state index is 0.187. The fraction of sp³-hybridized carbons (Fsp3) is 0.909. The Morgan fingerprint density at radius 3 is 1.50 bits per heavy atom. The van der Waals surface area contributed by atoms with Crippen molar-refractivity contribution < 1.29 is 40.8 Å². The van der Waals surface area contributed by atoms with Gasteiger partial charge in [-0.05, 0) is 103 Å². The standard InChI is InChI=1S/C22H34F2O7S/c1-18(2,21-10-13-7-14(11-21)9-15(8-13)12-21)16(25)30-19(3,4)20(5,6)31-17(26)22(23,24)32(27,28)29/h13-15H,7-12H2,1-6H3,(H,27,28,29). The Bertz CT molecular complexity index is 870. The van der Waals surface area contributed by atoms with Gasteiger partial charge in [0.15, 0.2) is 0 Å². The average Bonchev–Trinajstić information content (AvgIpc) is 2.58. The van der Waals surface area contributed by atoms with Crippen molar-refractivity contribution >= 4 is 22.1 Å². The highest BCUT2D eigenvalue weighted by Gasteiger charge is 2.62. The predicted molar refractivity (Wildman–Crippen MR) is 111 cm³/mol. The number of halogens is 2. The summed E-state index contributed by atoms with van der Waals surface area (Å²) in [5, 5.41) is -5.14. The van der Waals surface area contributed by atoms with Gasteiger partial charge in [0.05, 0.1) is 5.41 Å². The van der Waals surface area contributed by atoms with Crippen LogP contribution in [0.1, 0.15) is 80.1 Å². The van der Waals surface area contributed by atoms with Gasteiger partial charge in [-0.25, -0.2) is 4.79 Å². The van der Waals surface area contributed by atoms with E-state index >= 15 is 0 Å². The molecule has 0 heterocycles. The number of carbonyl (C=O) groups is 2. The fourth-order valence-corrected chi connectivity index (χ4v) is 6.35. The Kier molecular flexibility index (Phi) is 5.82. The molecular formula is C22H34F2O7S. The number of esters is 2. The summed E-state index contributed by atoms with van der Waals surface area (Å²) in [6.45, 7) is 9.05. The van der Waals surface area contributed by atoms with E-state index in [0.29, 0.717) is 17.8 Å². The second kappa shape index (κ2) is 7.35. The van der Waals surface area contributed by atoms with Crippen molar-refractivity contribution in [1.29, 1.82) is 0 Å². The first-order valence-electron chi connectivity index (χ1n) is 11.1. The first-order valence-corrected chi connectivity index (χ1v) is 12.5. The third-order valence-corrected chi connectivity index (χ3v) is 9.40. The highest BCUT2D eigenvalue weighted by Crippen LogP contribution is 2.66.